The van der Waals surface area contributed by atoms with Crippen molar-refractivity contribution >= 4 is 28.2 Å². The van der Waals surface area contributed by atoms with Gasteiger partial charge in [-0.1, -0.05) is 42.5 Å². The van der Waals surface area contributed by atoms with Crippen molar-refractivity contribution in [3.8, 4) is 17.2 Å². The highest BCUT2D eigenvalue weighted by Gasteiger charge is 2.34. The summed E-state index contributed by atoms with van der Waals surface area (Å²) in [5.41, 5.74) is 2.15. The number of carboxylic acids is 1. The average molecular weight is 366 g/mol. The van der Waals surface area contributed by atoms with Gasteiger partial charge in [0, 0.05) is 10.4 Å². The van der Waals surface area contributed by atoms with E-state index >= 15 is 0 Å². The minimum Gasteiger partial charge on any atom is -0.481 e. The van der Waals surface area contributed by atoms with E-state index in [1.54, 1.807) is 6.08 Å². The van der Waals surface area contributed by atoms with Gasteiger partial charge < -0.3 is 10.4 Å². The molecule has 2 aromatic rings. The number of aliphatic carboxylic acids is 1. The van der Waals surface area contributed by atoms with Crippen LogP contribution >= 0.6 is 11.3 Å². The molecule has 5 nitrogen and oxygen atoms in total. The number of thiophene rings is 1. The van der Waals surface area contributed by atoms with E-state index in [9.17, 15) is 20.0 Å². The first-order chi connectivity index (χ1) is 12.5. The fraction of sp³-hybridized carbons (Fsp3) is 0.250. The smallest absolute Gasteiger partial charge is 0.307 e. The first kappa shape index (κ1) is 17.9. The van der Waals surface area contributed by atoms with Crippen LogP contribution in [-0.4, -0.2) is 17.0 Å². The fourth-order valence-corrected chi connectivity index (χ4v) is 4.30. The van der Waals surface area contributed by atoms with Crippen LogP contribution < -0.4 is 5.32 Å². The molecule has 0 saturated heterocycles. The monoisotopic (exact) mass is 366 g/mol. The lowest BCUT2D eigenvalue weighted by Crippen LogP contribution is -2.34. The second-order valence-electron chi connectivity index (χ2n) is 6.20. The number of benzene rings is 1. The molecular weight excluding hydrogens is 348 g/mol. The molecule has 6 heteroatoms. The predicted octanol–water partition coefficient (Wildman–Crippen LogP) is 4.20. The van der Waals surface area contributed by atoms with E-state index in [2.05, 4.69) is 11.4 Å². The van der Waals surface area contributed by atoms with Gasteiger partial charge in [0.1, 0.15) is 11.1 Å². The Hall–Kier alpha value is -2.91. The highest BCUT2D eigenvalue weighted by atomic mass is 32.1. The molecular formula is C20H18N2O3S. The molecule has 2 atom stereocenters. The maximum absolute atomic E-state index is 12.7. The molecule has 3 rings (SSSR count). The van der Waals surface area contributed by atoms with E-state index in [1.165, 1.54) is 11.3 Å². The first-order valence-corrected chi connectivity index (χ1v) is 9.12. The number of carboxylic acid groups (broad SMARTS) is 1. The van der Waals surface area contributed by atoms with Crippen molar-refractivity contribution in [1.82, 2.24) is 0 Å². The molecule has 0 unspecified atom stereocenters. The molecule has 132 valence electrons. The van der Waals surface area contributed by atoms with E-state index in [0.717, 1.165) is 16.0 Å². The Morgan fingerprint density at radius 3 is 2.46 bits per heavy atom. The second kappa shape index (κ2) is 7.54. The zero-order chi connectivity index (χ0) is 18.7. The molecule has 1 amide bonds. The third-order valence-corrected chi connectivity index (χ3v) is 5.60. The number of nitriles is 1. The van der Waals surface area contributed by atoms with Crippen LogP contribution in [-0.2, 0) is 9.59 Å². The number of nitrogens with one attached hydrogen (secondary N) is 1. The molecule has 1 aliphatic rings. The molecule has 1 aliphatic carbocycles. The minimum absolute atomic E-state index is 0.345. The topological polar surface area (TPSA) is 90.2 Å². The highest BCUT2D eigenvalue weighted by Crippen LogP contribution is 2.40. The van der Waals surface area contributed by atoms with E-state index in [0.29, 0.717) is 23.4 Å². The van der Waals surface area contributed by atoms with Gasteiger partial charge in [-0.05, 0) is 25.3 Å². The van der Waals surface area contributed by atoms with Gasteiger partial charge >= 0.3 is 5.97 Å². The van der Waals surface area contributed by atoms with Crippen LogP contribution in [0.4, 0.5) is 5.00 Å². The van der Waals surface area contributed by atoms with E-state index in [4.69, 9.17) is 0 Å². The number of aryl methyl sites for hydroxylation is 1. The number of amides is 1. The summed E-state index contributed by atoms with van der Waals surface area (Å²) < 4.78 is 0. The average Bonchev–Trinajstić information content (AvgIpc) is 2.97. The summed E-state index contributed by atoms with van der Waals surface area (Å²) in [7, 11) is 0. The molecule has 2 N–H and O–H groups in total. The summed E-state index contributed by atoms with van der Waals surface area (Å²) in [4.78, 5) is 25.1. The van der Waals surface area contributed by atoms with Gasteiger partial charge in [0.15, 0.2) is 0 Å². The van der Waals surface area contributed by atoms with Gasteiger partial charge in [0.2, 0.25) is 5.91 Å². The Labute approximate surface area is 155 Å². The molecule has 0 saturated carbocycles. The van der Waals surface area contributed by atoms with Crippen LogP contribution in [0.15, 0.2) is 42.5 Å². The van der Waals surface area contributed by atoms with Crippen molar-refractivity contribution in [3.63, 3.8) is 0 Å². The van der Waals surface area contributed by atoms with E-state index < -0.39 is 17.8 Å². The maximum Gasteiger partial charge on any atom is 0.307 e. The van der Waals surface area contributed by atoms with Gasteiger partial charge in [0.25, 0.3) is 0 Å². The Morgan fingerprint density at radius 1 is 1.19 bits per heavy atom. The molecule has 1 aromatic carbocycles. The second-order valence-corrected chi connectivity index (χ2v) is 7.42. The normalized spacial score (nSPS) is 18.9. The third kappa shape index (κ3) is 3.39. The molecule has 0 radical (unpaired) electrons. The lowest BCUT2D eigenvalue weighted by molar-refractivity contribution is -0.146. The lowest BCUT2D eigenvalue weighted by atomic mass is 9.82. The Kier molecular flexibility index (Phi) is 5.19. The molecule has 0 aliphatic heterocycles. The van der Waals surface area contributed by atoms with E-state index in [-0.39, 0.29) is 5.91 Å². The Balaban J connectivity index is 1.91. The molecule has 1 aromatic heterocycles. The van der Waals surface area contributed by atoms with Crippen molar-refractivity contribution < 1.29 is 14.7 Å². The number of allylic oxidation sites excluding steroid dienone is 2. The number of anilines is 1. The number of rotatable bonds is 4. The van der Waals surface area contributed by atoms with E-state index in [1.807, 2.05) is 43.3 Å². The van der Waals surface area contributed by atoms with Crippen LogP contribution in [0.3, 0.4) is 0 Å². The minimum atomic E-state index is -0.970. The lowest BCUT2D eigenvalue weighted by Gasteiger charge is -2.23. The van der Waals surface area contributed by atoms with Gasteiger partial charge in [0.05, 0.1) is 17.4 Å². The number of carbonyl (C=O) groups excluding carboxylic acids is 1. The van der Waals surface area contributed by atoms with Gasteiger partial charge in [-0.15, -0.1) is 11.3 Å². The van der Waals surface area contributed by atoms with Gasteiger partial charge in [-0.25, -0.2) is 0 Å². The summed E-state index contributed by atoms with van der Waals surface area (Å²) in [5, 5.41) is 22.3. The summed E-state index contributed by atoms with van der Waals surface area (Å²) in [5.74, 6) is -2.69. The van der Waals surface area contributed by atoms with Crippen molar-refractivity contribution in [2.75, 3.05) is 5.32 Å². The van der Waals surface area contributed by atoms with Gasteiger partial charge in [-0.2, -0.15) is 5.26 Å². The number of carbonyl (C=O) groups is 2. The van der Waals surface area contributed by atoms with Crippen LogP contribution in [0.25, 0.3) is 11.1 Å². The standard InChI is InChI=1S/C20H18N2O3S/c1-12-17(13-7-3-2-4-8-13)16(11-21)19(26-12)22-18(23)14-9-5-6-10-15(14)20(24)25/h2-8,14-15H,9-10H2,1H3,(H,22,23)(H,24,25)/t14-,15-/m1/s1. The summed E-state index contributed by atoms with van der Waals surface area (Å²) in [6.45, 7) is 1.91. The highest BCUT2D eigenvalue weighted by molar-refractivity contribution is 7.17. The molecule has 0 bridgehead atoms. The summed E-state index contributed by atoms with van der Waals surface area (Å²) in [6.07, 6.45) is 4.37. The molecule has 0 fully saturated rings. The van der Waals surface area contributed by atoms with Crippen molar-refractivity contribution in [1.29, 1.82) is 5.26 Å². The largest absolute Gasteiger partial charge is 0.481 e. The SMILES string of the molecule is Cc1sc(NC(=O)[C@@H]2CC=CC[C@H]2C(=O)O)c(C#N)c1-c1ccccc1. The van der Waals surface area contributed by atoms with Crippen molar-refractivity contribution in [2.45, 2.75) is 19.8 Å². The fourth-order valence-electron chi connectivity index (χ4n) is 3.27. The zero-order valence-corrected chi connectivity index (χ0v) is 15.0. The molecule has 26 heavy (non-hydrogen) atoms. The summed E-state index contributed by atoms with van der Waals surface area (Å²) >= 11 is 1.34. The Bertz CT molecular complexity index is 909. The van der Waals surface area contributed by atoms with Crippen LogP contribution in [0.1, 0.15) is 23.3 Å². The quantitative estimate of drug-likeness (QED) is 0.794. The Morgan fingerprint density at radius 2 is 1.85 bits per heavy atom. The number of hydrogen-bond donors (Lipinski definition) is 2. The van der Waals surface area contributed by atoms with Gasteiger partial charge in [-0.3, -0.25) is 9.59 Å². The number of nitrogens with zero attached hydrogens (tertiary/aromatic N) is 1. The third-order valence-electron chi connectivity index (χ3n) is 4.58. The van der Waals surface area contributed by atoms with Crippen LogP contribution in [0, 0.1) is 30.1 Å². The van der Waals surface area contributed by atoms with Crippen molar-refractivity contribution in [2.24, 2.45) is 11.8 Å². The molecule has 0 spiro atoms. The first-order valence-electron chi connectivity index (χ1n) is 8.30. The van der Waals surface area contributed by atoms with Crippen molar-refractivity contribution in [3.05, 3.63) is 52.9 Å². The number of hydrogen-bond acceptors (Lipinski definition) is 4. The van der Waals surface area contributed by atoms with Crippen LogP contribution in [0.2, 0.25) is 0 Å². The van der Waals surface area contributed by atoms with Crippen LogP contribution in [0.5, 0.6) is 0 Å². The predicted molar refractivity (Wildman–Crippen MR) is 101 cm³/mol. The molecule has 1 heterocycles. The zero-order valence-electron chi connectivity index (χ0n) is 14.2. The summed E-state index contributed by atoms with van der Waals surface area (Å²) in [6, 6.07) is 11.7. The maximum atomic E-state index is 12.7.